The second kappa shape index (κ2) is 7.06. The molecule has 1 aromatic heterocycles. The van der Waals surface area contributed by atoms with Crippen molar-refractivity contribution < 1.29 is 9.59 Å². The molecule has 2 aliphatic rings. The highest BCUT2D eigenvalue weighted by Gasteiger charge is 2.25. The fourth-order valence-electron chi connectivity index (χ4n) is 2.87. The van der Waals surface area contributed by atoms with E-state index in [1.165, 1.54) is 11.3 Å². The number of nitriles is 1. The summed E-state index contributed by atoms with van der Waals surface area (Å²) < 4.78 is 0. The third-order valence-corrected chi connectivity index (χ3v) is 5.11. The standard InChI is InChI=1S/C15H19N5O2S/c16-3-5-18-6-8-19(9-7-18)14(22)10-12-11-23-15(17-12)20-4-1-2-13(20)21/h11H,1-2,4-10H2. The lowest BCUT2D eigenvalue weighted by molar-refractivity contribution is -0.132. The summed E-state index contributed by atoms with van der Waals surface area (Å²) in [4.78, 5) is 34.1. The van der Waals surface area contributed by atoms with Crippen molar-refractivity contribution in [1.82, 2.24) is 14.8 Å². The van der Waals surface area contributed by atoms with Crippen LogP contribution in [0.15, 0.2) is 5.38 Å². The normalized spacial score (nSPS) is 19.2. The van der Waals surface area contributed by atoms with Crippen LogP contribution in [-0.2, 0) is 16.0 Å². The molecule has 2 amide bonds. The van der Waals surface area contributed by atoms with Gasteiger partial charge < -0.3 is 4.90 Å². The number of amides is 2. The molecule has 0 aromatic carbocycles. The molecule has 0 aliphatic carbocycles. The predicted molar refractivity (Wildman–Crippen MR) is 86.0 cm³/mol. The van der Waals surface area contributed by atoms with E-state index in [1.54, 1.807) is 4.90 Å². The van der Waals surface area contributed by atoms with E-state index in [2.05, 4.69) is 11.1 Å². The zero-order valence-electron chi connectivity index (χ0n) is 12.9. The van der Waals surface area contributed by atoms with Gasteiger partial charge in [-0.15, -0.1) is 11.3 Å². The summed E-state index contributed by atoms with van der Waals surface area (Å²) in [5.41, 5.74) is 0.731. The highest BCUT2D eigenvalue weighted by Crippen LogP contribution is 2.25. The third-order valence-electron chi connectivity index (χ3n) is 4.20. The van der Waals surface area contributed by atoms with Gasteiger partial charge in [0.25, 0.3) is 0 Å². The van der Waals surface area contributed by atoms with E-state index < -0.39 is 0 Å². The zero-order valence-corrected chi connectivity index (χ0v) is 13.7. The highest BCUT2D eigenvalue weighted by molar-refractivity contribution is 7.14. The van der Waals surface area contributed by atoms with E-state index in [9.17, 15) is 9.59 Å². The predicted octanol–water partition coefficient (Wildman–Crippen LogP) is 0.480. The number of rotatable bonds is 4. The minimum absolute atomic E-state index is 0.0613. The van der Waals surface area contributed by atoms with Crippen molar-refractivity contribution >= 4 is 28.3 Å². The van der Waals surface area contributed by atoms with E-state index in [4.69, 9.17) is 5.26 Å². The van der Waals surface area contributed by atoms with Gasteiger partial charge in [0.05, 0.1) is 24.7 Å². The molecule has 2 aliphatic heterocycles. The lowest BCUT2D eigenvalue weighted by atomic mass is 10.2. The van der Waals surface area contributed by atoms with Crippen LogP contribution in [0, 0.1) is 11.3 Å². The van der Waals surface area contributed by atoms with Crippen LogP contribution in [0.4, 0.5) is 5.13 Å². The summed E-state index contributed by atoms with van der Waals surface area (Å²) in [7, 11) is 0. The van der Waals surface area contributed by atoms with Crippen LogP contribution in [0.2, 0.25) is 0 Å². The second-order valence-electron chi connectivity index (χ2n) is 5.76. The molecule has 3 rings (SSSR count). The van der Waals surface area contributed by atoms with Gasteiger partial charge in [0.15, 0.2) is 5.13 Å². The van der Waals surface area contributed by atoms with Crippen molar-refractivity contribution in [2.75, 3.05) is 44.2 Å². The first kappa shape index (κ1) is 15.9. The van der Waals surface area contributed by atoms with Gasteiger partial charge in [-0.1, -0.05) is 0 Å². The maximum atomic E-state index is 12.4. The number of hydrogen-bond donors (Lipinski definition) is 0. The minimum atomic E-state index is 0.0613. The Labute approximate surface area is 139 Å². The van der Waals surface area contributed by atoms with Gasteiger partial charge in [-0.2, -0.15) is 5.26 Å². The number of nitrogens with zero attached hydrogens (tertiary/aromatic N) is 5. The van der Waals surface area contributed by atoms with Crippen molar-refractivity contribution in [2.24, 2.45) is 0 Å². The molecule has 0 saturated carbocycles. The number of hydrogen-bond acceptors (Lipinski definition) is 6. The molecule has 3 heterocycles. The van der Waals surface area contributed by atoms with Crippen molar-refractivity contribution in [2.45, 2.75) is 19.3 Å². The Morgan fingerprint density at radius 1 is 1.30 bits per heavy atom. The van der Waals surface area contributed by atoms with Crippen LogP contribution >= 0.6 is 11.3 Å². The smallest absolute Gasteiger partial charge is 0.228 e. The van der Waals surface area contributed by atoms with Gasteiger partial charge in [0, 0.05) is 44.5 Å². The molecule has 0 unspecified atom stereocenters. The molecule has 0 atom stereocenters. The topological polar surface area (TPSA) is 80.5 Å². The number of piperazine rings is 1. The monoisotopic (exact) mass is 333 g/mol. The number of carbonyl (C=O) groups is 2. The number of aromatic nitrogens is 1. The molecule has 122 valence electrons. The fraction of sp³-hybridized carbons (Fsp3) is 0.600. The van der Waals surface area contributed by atoms with Crippen LogP contribution in [0.25, 0.3) is 0 Å². The lowest BCUT2D eigenvalue weighted by Gasteiger charge is -2.33. The molecule has 0 bridgehead atoms. The van der Waals surface area contributed by atoms with E-state index in [1.807, 2.05) is 15.2 Å². The summed E-state index contributed by atoms with van der Waals surface area (Å²) >= 11 is 1.43. The van der Waals surface area contributed by atoms with Crippen LogP contribution in [0.5, 0.6) is 0 Å². The molecule has 0 N–H and O–H groups in total. The Hall–Kier alpha value is -1.98. The summed E-state index contributed by atoms with van der Waals surface area (Å²) in [6.07, 6.45) is 1.73. The van der Waals surface area contributed by atoms with E-state index >= 15 is 0 Å². The minimum Gasteiger partial charge on any atom is -0.340 e. The Bertz CT molecular complexity index is 630. The van der Waals surface area contributed by atoms with Gasteiger partial charge in [-0.3, -0.25) is 19.4 Å². The number of thiazole rings is 1. The van der Waals surface area contributed by atoms with Crippen LogP contribution in [0.1, 0.15) is 18.5 Å². The first-order chi connectivity index (χ1) is 11.2. The SMILES string of the molecule is N#CCN1CCN(C(=O)Cc2csc(N3CCCC3=O)n2)CC1. The average Bonchev–Trinajstić information content (AvgIpc) is 3.17. The lowest BCUT2D eigenvalue weighted by Crippen LogP contribution is -2.49. The fourth-order valence-corrected chi connectivity index (χ4v) is 3.74. The molecule has 1 aromatic rings. The van der Waals surface area contributed by atoms with Crippen LogP contribution < -0.4 is 4.90 Å². The molecule has 2 saturated heterocycles. The van der Waals surface area contributed by atoms with E-state index in [0.29, 0.717) is 31.2 Å². The zero-order chi connectivity index (χ0) is 16.2. The van der Waals surface area contributed by atoms with Crippen LogP contribution in [-0.4, -0.2) is 65.9 Å². The molecule has 8 heteroatoms. The van der Waals surface area contributed by atoms with Gasteiger partial charge in [0.2, 0.25) is 11.8 Å². The first-order valence-electron chi connectivity index (χ1n) is 7.79. The van der Waals surface area contributed by atoms with Crippen molar-refractivity contribution in [1.29, 1.82) is 5.26 Å². The first-order valence-corrected chi connectivity index (χ1v) is 8.67. The molecule has 7 nitrogen and oxygen atoms in total. The quantitative estimate of drug-likeness (QED) is 0.749. The van der Waals surface area contributed by atoms with Crippen molar-refractivity contribution in [3.8, 4) is 6.07 Å². The second-order valence-corrected chi connectivity index (χ2v) is 6.60. The Morgan fingerprint density at radius 3 is 2.74 bits per heavy atom. The molecule has 0 spiro atoms. The maximum absolute atomic E-state index is 12.4. The third kappa shape index (κ3) is 3.68. The Balaban J connectivity index is 1.54. The van der Waals surface area contributed by atoms with Crippen molar-refractivity contribution in [3.05, 3.63) is 11.1 Å². The number of anilines is 1. The molecular formula is C15H19N5O2S. The average molecular weight is 333 g/mol. The van der Waals surface area contributed by atoms with E-state index in [-0.39, 0.29) is 18.2 Å². The molecule has 2 fully saturated rings. The maximum Gasteiger partial charge on any atom is 0.228 e. The Morgan fingerprint density at radius 2 is 2.09 bits per heavy atom. The van der Waals surface area contributed by atoms with Gasteiger partial charge in [-0.25, -0.2) is 4.98 Å². The largest absolute Gasteiger partial charge is 0.340 e. The molecule has 0 radical (unpaired) electrons. The van der Waals surface area contributed by atoms with Gasteiger partial charge in [0.1, 0.15) is 0 Å². The summed E-state index contributed by atoms with van der Waals surface area (Å²) in [6, 6.07) is 2.14. The molecular weight excluding hydrogens is 314 g/mol. The Kier molecular flexibility index (Phi) is 4.88. The molecule has 23 heavy (non-hydrogen) atoms. The van der Waals surface area contributed by atoms with Gasteiger partial charge in [-0.05, 0) is 6.42 Å². The summed E-state index contributed by atoms with van der Waals surface area (Å²) in [6.45, 7) is 3.93. The number of carbonyl (C=O) groups excluding carboxylic acids is 2. The van der Waals surface area contributed by atoms with Gasteiger partial charge >= 0.3 is 0 Å². The van der Waals surface area contributed by atoms with Crippen LogP contribution in [0.3, 0.4) is 0 Å². The van der Waals surface area contributed by atoms with Crippen molar-refractivity contribution in [3.63, 3.8) is 0 Å². The van der Waals surface area contributed by atoms with E-state index in [0.717, 1.165) is 31.7 Å². The summed E-state index contributed by atoms with van der Waals surface area (Å²) in [5, 5.41) is 11.3. The highest BCUT2D eigenvalue weighted by atomic mass is 32.1. The summed E-state index contributed by atoms with van der Waals surface area (Å²) in [5.74, 6) is 0.178.